The molecule has 2 aromatic carbocycles. The monoisotopic (exact) mass is 508 g/mol. The molecule has 0 spiro atoms. The number of guanidine groups is 1. The number of benzene rings is 2. The Morgan fingerprint density at radius 3 is 2.66 bits per heavy atom. The molecule has 1 amide bonds. The molecule has 1 aliphatic heterocycles. The van der Waals surface area contributed by atoms with Crippen molar-refractivity contribution in [2.24, 2.45) is 4.99 Å². The Hall–Kier alpha value is -2.29. The summed E-state index contributed by atoms with van der Waals surface area (Å²) in [6.07, 6.45) is 1.12. The molecule has 0 radical (unpaired) electrons. The van der Waals surface area contributed by atoms with Crippen molar-refractivity contribution in [2.75, 3.05) is 32.6 Å². The van der Waals surface area contributed by atoms with Gasteiger partial charge in [-0.2, -0.15) is 0 Å². The number of hydrogen-bond acceptors (Lipinski definition) is 3. The van der Waals surface area contributed by atoms with E-state index in [0.29, 0.717) is 23.9 Å². The van der Waals surface area contributed by atoms with Crippen LogP contribution in [0.4, 0.5) is 5.69 Å². The van der Waals surface area contributed by atoms with E-state index < -0.39 is 0 Å². The molecule has 0 aromatic heterocycles. The van der Waals surface area contributed by atoms with Crippen molar-refractivity contribution in [3.8, 4) is 5.75 Å². The Morgan fingerprint density at radius 2 is 2.00 bits per heavy atom. The van der Waals surface area contributed by atoms with E-state index in [0.717, 1.165) is 31.0 Å². The topological polar surface area (TPSA) is 66.0 Å². The molecular formula is C22H29IN4O2. The number of nitrogens with one attached hydrogen (secondary N) is 2. The fourth-order valence-electron chi connectivity index (χ4n) is 3.62. The number of methoxy groups -OCH3 is 1. The van der Waals surface area contributed by atoms with Crippen LogP contribution in [0, 0.1) is 0 Å². The van der Waals surface area contributed by atoms with Gasteiger partial charge in [0.05, 0.1) is 12.8 Å². The molecule has 7 heteroatoms. The Morgan fingerprint density at radius 1 is 1.24 bits per heavy atom. The molecule has 2 N–H and O–H groups in total. The molecule has 1 fully saturated rings. The lowest BCUT2D eigenvalue weighted by molar-refractivity contribution is -0.114. The van der Waals surface area contributed by atoms with Gasteiger partial charge in [-0.3, -0.25) is 9.79 Å². The van der Waals surface area contributed by atoms with Crippen LogP contribution in [0.15, 0.2) is 53.5 Å². The van der Waals surface area contributed by atoms with Gasteiger partial charge < -0.3 is 20.3 Å². The highest BCUT2D eigenvalue weighted by Crippen LogP contribution is 2.27. The number of halogens is 1. The van der Waals surface area contributed by atoms with E-state index >= 15 is 0 Å². The predicted molar refractivity (Wildman–Crippen MR) is 128 cm³/mol. The van der Waals surface area contributed by atoms with Gasteiger partial charge >= 0.3 is 0 Å². The smallest absolute Gasteiger partial charge is 0.221 e. The minimum atomic E-state index is -0.122. The number of amides is 1. The normalized spacial score (nSPS) is 16.2. The second kappa shape index (κ2) is 11.0. The summed E-state index contributed by atoms with van der Waals surface area (Å²) < 4.78 is 5.32. The molecule has 29 heavy (non-hydrogen) atoms. The third kappa shape index (κ3) is 6.09. The molecule has 6 nitrogen and oxygen atoms in total. The van der Waals surface area contributed by atoms with Crippen molar-refractivity contribution in [2.45, 2.75) is 25.8 Å². The van der Waals surface area contributed by atoms with Crippen molar-refractivity contribution >= 4 is 41.5 Å². The van der Waals surface area contributed by atoms with E-state index in [1.54, 1.807) is 7.11 Å². The van der Waals surface area contributed by atoms with E-state index in [-0.39, 0.29) is 29.9 Å². The SMILES string of the molecule is CN=C(NCc1ccc(OC)c(NC(C)=O)c1)N1CCC(c2ccccc2)C1.I. The van der Waals surface area contributed by atoms with Crippen molar-refractivity contribution in [3.05, 3.63) is 59.7 Å². The lowest BCUT2D eigenvalue weighted by Gasteiger charge is -2.22. The third-order valence-electron chi connectivity index (χ3n) is 5.00. The molecule has 0 bridgehead atoms. The second-order valence-electron chi connectivity index (χ2n) is 6.96. The van der Waals surface area contributed by atoms with Gasteiger partial charge in [0.2, 0.25) is 5.91 Å². The first-order valence-electron chi connectivity index (χ1n) is 9.55. The molecule has 1 unspecified atom stereocenters. The van der Waals surface area contributed by atoms with Gasteiger partial charge in [-0.05, 0) is 29.7 Å². The molecule has 2 aromatic rings. The van der Waals surface area contributed by atoms with E-state index in [1.807, 2.05) is 25.2 Å². The van der Waals surface area contributed by atoms with Crippen LogP contribution >= 0.6 is 24.0 Å². The third-order valence-corrected chi connectivity index (χ3v) is 5.00. The first-order chi connectivity index (χ1) is 13.6. The van der Waals surface area contributed by atoms with Gasteiger partial charge in [0.1, 0.15) is 5.75 Å². The quantitative estimate of drug-likeness (QED) is 0.366. The van der Waals surface area contributed by atoms with E-state index in [1.165, 1.54) is 12.5 Å². The maximum absolute atomic E-state index is 11.4. The lowest BCUT2D eigenvalue weighted by Crippen LogP contribution is -2.39. The highest BCUT2D eigenvalue weighted by molar-refractivity contribution is 14.0. The average Bonchev–Trinajstić information content (AvgIpc) is 3.19. The van der Waals surface area contributed by atoms with Crippen molar-refractivity contribution in [3.63, 3.8) is 0 Å². The highest BCUT2D eigenvalue weighted by Gasteiger charge is 2.25. The zero-order valence-electron chi connectivity index (χ0n) is 17.1. The molecule has 1 aliphatic rings. The minimum absolute atomic E-state index is 0. The average molecular weight is 508 g/mol. The van der Waals surface area contributed by atoms with E-state index in [9.17, 15) is 4.79 Å². The fraction of sp³-hybridized carbons (Fsp3) is 0.364. The fourth-order valence-corrected chi connectivity index (χ4v) is 3.62. The van der Waals surface area contributed by atoms with Crippen LogP contribution in [0.3, 0.4) is 0 Å². The number of hydrogen-bond donors (Lipinski definition) is 2. The summed E-state index contributed by atoms with van der Waals surface area (Å²) in [7, 11) is 3.41. The summed E-state index contributed by atoms with van der Waals surface area (Å²) >= 11 is 0. The predicted octanol–water partition coefficient (Wildman–Crippen LogP) is 3.84. The van der Waals surface area contributed by atoms with Gasteiger partial charge in [0, 0.05) is 39.5 Å². The number of carbonyl (C=O) groups excluding carboxylic acids is 1. The van der Waals surface area contributed by atoms with Crippen LogP contribution in [0.5, 0.6) is 5.75 Å². The molecule has 1 saturated heterocycles. The molecular weight excluding hydrogens is 479 g/mol. The van der Waals surface area contributed by atoms with Crippen molar-refractivity contribution in [1.82, 2.24) is 10.2 Å². The second-order valence-corrected chi connectivity index (χ2v) is 6.96. The summed E-state index contributed by atoms with van der Waals surface area (Å²) in [5, 5.41) is 6.25. The Kier molecular flexibility index (Phi) is 8.75. The first kappa shape index (κ1) is 23.0. The summed E-state index contributed by atoms with van der Waals surface area (Å²) in [5.74, 6) is 1.96. The maximum atomic E-state index is 11.4. The van der Waals surface area contributed by atoms with Crippen molar-refractivity contribution in [1.29, 1.82) is 0 Å². The van der Waals surface area contributed by atoms with Crippen LogP contribution < -0.4 is 15.4 Å². The molecule has 0 saturated carbocycles. The van der Waals surface area contributed by atoms with Crippen molar-refractivity contribution < 1.29 is 9.53 Å². The molecule has 0 aliphatic carbocycles. The van der Waals surface area contributed by atoms with Gasteiger partial charge in [-0.1, -0.05) is 36.4 Å². The van der Waals surface area contributed by atoms with Crippen LogP contribution in [0.2, 0.25) is 0 Å². The number of aliphatic imine (C=N–C) groups is 1. The Bertz CT molecular complexity index is 842. The van der Waals surface area contributed by atoms with Crippen LogP contribution in [-0.2, 0) is 11.3 Å². The number of anilines is 1. The maximum Gasteiger partial charge on any atom is 0.221 e. The first-order valence-corrected chi connectivity index (χ1v) is 9.55. The van der Waals surface area contributed by atoms with Gasteiger partial charge in [0.25, 0.3) is 0 Å². The van der Waals surface area contributed by atoms with E-state index in [4.69, 9.17) is 4.74 Å². The Labute approximate surface area is 189 Å². The van der Waals surface area contributed by atoms with E-state index in [2.05, 4.69) is 50.9 Å². The number of ether oxygens (including phenoxy) is 1. The summed E-state index contributed by atoms with van der Waals surface area (Å²) in [4.78, 5) is 18.2. The molecule has 156 valence electrons. The van der Waals surface area contributed by atoms with Gasteiger partial charge in [-0.15, -0.1) is 24.0 Å². The largest absolute Gasteiger partial charge is 0.495 e. The zero-order valence-corrected chi connectivity index (χ0v) is 19.5. The highest BCUT2D eigenvalue weighted by atomic mass is 127. The number of carbonyl (C=O) groups is 1. The summed E-state index contributed by atoms with van der Waals surface area (Å²) in [5.41, 5.74) is 3.11. The number of rotatable bonds is 5. The Balaban J connectivity index is 0.00000300. The summed E-state index contributed by atoms with van der Waals surface area (Å²) in [6.45, 7) is 4.06. The van der Waals surface area contributed by atoms with Gasteiger partial charge in [-0.25, -0.2) is 0 Å². The number of nitrogens with zero attached hydrogens (tertiary/aromatic N) is 2. The van der Waals surface area contributed by atoms with Crippen LogP contribution in [-0.4, -0.2) is 44.0 Å². The zero-order chi connectivity index (χ0) is 19.9. The van der Waals surface area contributed by atoms with Crippen LogP contribution in [0.1, 0.15) is 30.4 Å². The molecule has 1 atom stereocenters. The molecule has 3 rings (SSSR count). The minimum Gasteiger partial charge on any atom is -0.495 e. The lowest BCUT2D eigenvalue weighted by atomic mass is 9.99. The van der Waals surface area contributed by atoms with Gasteiger partial charge in [0.15, 0.2) is 5.96 Å². The summed E-state index contributed by atoms with van der Waals surface area (Å²) in [6, 6.07) is 16.4. The number of likely N-dealkylation sites (tertiary alicyclic amines) is 1. The standard InChI is InChI=1S/C22H28N4O2.HI/c1-16(27)25-20-13-17(9-10-21(20)28-3)14-24-22(23-2)26-12-11-19(15-26)18-7-5-4-6-8-18;/h4-10,13,19H,11-12,14-15H2,1-3H3,(H,23,24)(H,25,27);1H. The van der Waals surface area contributed by atoms with Crippen LogP contribution in [0.25, 0.3) is 0 Å². The molecule has 1 heterocycles.